The molecule has 0 bridgehead atoms. The van der Waals surface area contributed by atoms with Crippen LogP contribution >= 0.6 is 24.0 Å². The fourth-order valence-corrected chi connectivity index (χ4v) is 5.08. The summed E-state index contributed by atoms with van der Waals surface area (Å²) >= 11 is 6.82. The average Bonchev–Trinajstić information content (AvgIpc) is 3.34. The van der Waals surface area contributed by atoms with E-state index in [1.165, 1.54) is 17.3 Å². The summed E-state index contributed by atoms with van der Waals surface area (Å²) in [5.74, 6) is 1.60. The number of para-hydroxylation sites is 1. The Kier molecular flexibility index (Phi) is 5.37. The van der Waals surface area contributed by atoms with Gasteiger partial charge in [-0.2, -0.15) is 0 Å². The van der Waals surface area contributed by atoms with Crippen LogP contribution in [-0.2, 0) is 11.3 Å². The zero-order valence-corrected chi connectivity index (χ0v) is 18.0. The number of hydrogen-bond donors (Lipinski definition) is 0. The second-order valence-corrected chi connectivity index (χ2v) is 9.01. The van der Waals surface area contributed by atoms with Gasteiger partial charge in [0.2, 0.25) is 6.79 Å². The number of hydrogen-bond acceptors (Lipinski definition) is 7. The van der Waals surface area contributed by atoms with Crippen molar-refractivity contribution in [1.29, 1.82) is 0 Å². The molecule has 3 aliphatic rings. The molecule has 5 rings (SSSR count). The highest BCUT2D eigenvalue weighted by atomic mass is 32.2. The van der Waals surface area contributed by atoms with Crippen molar-refractivity contribution >= 4 is 39.9 Å². The van der Waals surface area contributed by atoms with Gasteiger partial charge in [-0.05, 0) is 29.8 Å². The highest BCUT2D eigenvalue weighted by Crippen LogP contribution is 2.35. The summed E-state index contributed by atoms with van der Waals surface area (Å²) in [7, 11) is 0. The zero-order valence-electron chi connectivity index (χ0n) is 16.3. The molecule has 1 amide bonds. The lowest BCUT2D eigenvalue weighted by atomic mass is 10.1. The van der Waals surface area contributed by atoms with E-state index in [9.17, 15) is 4.79 Å². The lowest BCUT2D eigenvalue weighted by Crippen LogP contribution is -2.43. The molecule has 0 radical (unpaired) electrons. The van der Waals surface area contributed by atoms with Crippen molar-refractivity contribution in [3.8, 4) is 11.5 Å². The van der Waals surface area contributed by atoms with E-state index in [1.807, 2.05) is 42.6 Å². The number of amides is 1. The van der Waals surface area contributed by atoms with Crippen molar-refractivity contribution in [3.05, 3.63) is 65.2 Å². The van der Waals surface area contributed by atoms with Crippen molar-refractivity contribution in [1.82, 2.24) is 9.80 Å². The van der Waals surface area contributed by atoms with Crippen LogP contribution in [0.3, 0.4) is 0 Å². The fourth-order valence-electron chi connectivity index (χ4n) is 3.77. The highest BCUT2D eigenvalue weighted by Gasteiger charge is 2.34. The SMILES string of the molecule is O=C1C(=CN2CCN(Cc3ccc4c(c3)OCO4)CC2)SC(=S)N1c1ccccc1. The zero-order chi connectivity index (χ0) is 20.5. The number of carbonyl (C=O) groups excluding carboxylic acids is 1. The van der Waals surface area contributed by atoms with Crippen molar-refractivity contribution < 1.29 is 14.3 Å². The van der Waals surface area contributed by atoms with Gasteiger partial charge in [-0.25, -0.2) is 0 Å². The van der Waals surface area contributed by atoms with Gasteiger partial charge >= 0.3 is 0 Å². The Morgan fingerprint density at radius 3 is 2.57 bits per heavy atom. The molecular formula is C22H21N3O3S2. The van der Waals surface area contributed by atoms with Crippen molar-refractivity contribution in [2.45, 2.75) is 6.54 Å². The molecule has 8 heteroatoms. The van der Waals surface area contributed by atoms with Gasteiger partial charge in [0.25, 0.3) is 5.91 Å². The molecule has 2 aromatic carbocycles. The number of thiocarbonyl (C=S) groups is 1. The molecule has 154 valence electrons. The topological polar surface area (TPSA) is 45.3 Å². The van der Waals surface area contributed by atoms with Crippen LogP contribution in [0.25, 0.3) is 0 Å². The minimum absolute atomic E-state index is 0.0426. The van der Waals surface area contributed by atoms with Crippen LogP contribution in [-0.4, -0.2) is 53.0 Å². The standard InChI is InChI=1S/C22H21N3O3S2/c26-21-20(30-22(29)25(21)17-4-2-1-3-5-17)14-24-10-8-23(9-11-24)13-16-6-7-18-19(12-16)28-15-27-18/h1-7,12,14H,8-11,13,15H2. The third-order valence-electron chi connectivity index (χ3n) is 5.36. The number of anilines is 1. The Hall–Kier alpha value is -2.55. The van der Waals surface area contributed by atoms with Crippen LogP contribution in [0.15, 0.2) is 59.6 Å². The smallest absolute Gasteiger partial charge is 0.272 e. The largest absolute Gasteiger partial charge is 0.454 e. The van der Waals surface area contributed by atoms with Gasteiger partial charge in [0.05, 0.1) is 10.6 Å². The normalized spacial score (nSPS) is 20.5. The molecule has 2 aromatic rings. The van der Waals surface area contributed by atoms with Gasteiger partial charge in [-0.1, -0.05) is 48.2 Å². The molecule has 0 spiro atoms. The molecule has 0 saturated carbocycles. The third kappa shape index (κ3) is 3.90. The molecule has 0 aromatic heterocycles. The molecule has 0 atom stereocenters. The first-order valence-electron chi connectivity index (χ1n) is 9.85. The van der Waals surface area contributed by atoms with Crippen molar-refractivity contribution in [2.75, 3.05) is 37.9 Å². The quantitative estimate of drug-likeness (QED) is 0.534. The predicted molar refractivity (Wildman–Crippen MR) is 122 cm³/mol. The number of piperazine rings is 1. The Labute approximate surface area is 185 Å². The lowest BCUT2D eigenvalue weighted by Gasteiger charge is -2.34. The Bertz CT molecular complexity index is 1000. The molecule has 30 heavy (non-hydrogen) atoms. The molecule has 2 fully saturated rings. The Morgan fingerprint density at radius 2 is 1.77 bits per heavy atom. The number of carbonyl (C=O) groups is 1. The Balaban J connectivity index is 1.19. The predicted octanol–water partition coefficient (Wildman–Crippen LogP) is 3.44. The maximum Gasteiger partial charge on any atom is 0.272 e. The summed E-state index contributed by atoms with van der Waals surface area (Å²) in [6, 6.07) is 15.7. The van der Waals surface area contributed by atoms with Crippen LogP contribution in [0, 0.1) is 0 Å². The second-order valence-electron chi connectivity index (χ2n) is 7.34. The molecule has 0 N–H and O–H groups in total. The van der Waals surface area contributed by atoms with E-state index < -0.39 is 0 Å². The number of ether oxygens (including phenoxy) is 2. The van der Waals surface area contributed by atoms with E-state index in [2.05, 4.69) is 21.9 Å². The van der Waals surface area contributed by atoms with Gasteiger partial charge in [0.1, 0.15) is 0 Å². The first kappa shape index (κ1) is 19.4. The fraction of sp³-hybridized carbons (Fsp3) is 0.273. The first-order chi connectivity index (χ1) is 14.7. The van der Waals surface area contributed by atoms with Gasteiger partial charge in [-0.3, -0.25) is 14.6 Å². The van der Waals surface area contributed by atoms with Crippen molar-refractivity contribution in [2.24, 2.45) is 0 Å². The molecule has 0 unspecified atom stereocenters. The minimum Gasteiger partial charge on any atom is -0.454 e. The van der Waals surface area contributed by atoms with E-state index in [0.717, 1.165) is 49.9 Å². The van der Waals surface area contributed by atoms with Crippen LogP contribution in [0.5, 0.6) is 11.5 Å². The number of benzene rings is 2. The second kappa shape index (κ2) is 8.29. The Morgan fingerprint density at radius 1 is 1.00 bits per heavy atom. The molecule has 3 aliphatic heterocycles. The molecule has 0 aliphatic carbocycles. The maximum absolute atomic E-state index is 12.9. The van der Waals surface area contributed by atoms with Crippen LogP contribution in [0.4, 0.5) is 5.69 Å². The van der Waals surface area contributed by atoms with Crippen LogP contribution < -0.4 is 14.4 Å². The van der Waals surface area contributed by atoms with Gasteiger partial charge in [0.15, 0.2) is 15.8 Å². The minimum atomic E-state index is -0.0426. The summed E-state index contributed by atoms with van der Waals surface area (Å²) in [5.41, 5.74) is 2.04. The number of rotatable bonds is 4. The third-order valence-corrected chi connectivity index (χ3v) is 6.65. The first-order valence-corrected chi connectivity index (χ1v) is 11.1. The summed E-state index contributed by atoms with van der Waals surface area (Å²) in [5, 5.41) is 0. The molecule has 6 nitrogen and oxygen atoms in total. The summed E-state index contributed by atoms with van der Waals surface area (Å²) in [4.78, 5) is 19.8. The van der Waals surface area contributed by atoms with Gasteiger partial charge in [0, 0.05) is 38.9 Å². The maximum atomic E-state index is 12.9. The van der Waals surface area contributed by atoms with Crippen LogP contribution in [0.2, 0.25) is 0 Å². The van der Waals surface area contributed by atoms with E-state index in [0.29, 0.717) is 16.0 Å². The van der Waals surface area contributed by atoms with E-state index in [4.69, 9.17) is 21.7 Å². The van der Waals surface area contributed by atoms with Crippen molar-refractivity contribution in [3.63, 3.8) is 0 Å². The van der Waals surface area contributed by atoms with Gasteiger partial charge < -0.3 is 14.4 Å². The number of nitrogens with zero attached hydrogens (tertiary/aromatic N) is 3. The van der Waals surface area contributed by atoms with E-state index in [1.54, 1.807) is 4.90 Å². The summed E-state index contributed by atoms with van der Waals surface area (Å²) in [6.45, 7) is 4.79. The molecule has 2 saturated heterocycles. The van der Waals surface area contributed by atoms with Crippen LogP contribution in [0.1, 0.15) is 5.56 Å². The monoisotopic (exact) mass is 439 g/mol. The highest BCUT2D eigenvalue weighted by molar-refractivity contribution is 8.27. The van der Waals surface area contributed by atoms with E-state index in [-0.39, 0.29) is 5.91 Å². The number of fused-ring (bicyclic) bond motifs is 1. The number of thioether (sulfide) groups is 1. The lowest BCUT2D eigenvalue weighted by molar-refractivity contribution is -0.113. The van der Waals surface area contributed by atoms with E-state index >= 15 is 0 Å². The molecular weight excluding hydrogens is 418 g/mol. The van der Waals surface area contributed by atoms with Gasteiger partial charge in [-0.15, -0.1) is 0 Å². The molecule has 3 heterocycles. The summed E-state index contributed by atoms with van der Waals surface area (Å²) in [6.07, 6.45) is 1.97. The average molecular weight is 440 g/mol. The summed E-state index contributed by atoms with van der Waals surface area (Å²) < 4.78 is 11.4.